The molecule has 0 saturated carbocycles. The fraction of sp³-hybridized carbons (Fsp3) is 0.150. The van der Waals surface area contributed by atoms with Gasteiger partial charge in [0.25, 0.3) is 11.2 Å². The van der Waals surface area contributed by atoms with Gasteiger partial charge in [0.2, 0.25) is 0 Å². The molecule has 0 unspecified atom stereocenters. The Morgan fingerprint density at radius 3 is 2.48 bits per heavy atom. The number of carbonyl (C=O) groups excluding carboxylic acids is 1. The molecule has 3 aromatic rings. The van der Waals surface area contributed by atoms with Crippen LogP contribution in [0, 0.1) is 10.1 Å². The summed E-state index contributed by atoms with van der Waals surface area (Å²) >= 11 is 1.29. The van der Waals surface area contributed by atoms with Gasteiger partial charge in [-0.2, -0.15) is 0 Å². The van der Waals surface area contributed by atoms with Crippen molar-refractivity contribution in [3.05, 3.63) is 89.5 Å². The van der Waals surface area contributed by atoms with E-state index in [0.717, 1.165) is 5.69 Å². The zero-order valence-corrected chi connectivity index (χ0v) is 16.3. The summed E-state index contributed by atoms with van der Waals surface area (Å²) in [4.78, 5) is 41.6. The maximum absolute atomic E-state index is 12.8. The summed E-state index contributed by atoms with van der Waals surface area (Å²) < 4.78 is 2.12. The van der Waals surface area contributed by atoms with Crippen molar-refractivity contribution < 1.29 is 9.72 Å². The molecular formula is C20H16N4O4S. The van der Waals surface area contributed by atoms with Gasteiger partial charge in [0.1, 0.15) is 13.3 Å². The van der Waals surface area contributed by atoms with Crippen LogP contribution in [0.5, 0.6) is 0 Å². The van der Waals surface area contributed by atoms with E-state index in [1.807, 2.05) is 17.0 Å². The minimum Gasteiger partial charge on any atom is -0.334 e. The zero-order valence-electron chi connectivity index (χ0n) is 15.4. The molecule has 0 saturated heterocycles. The van der Waals surface area contributed by atoms with E-state index in [0.29, 0.717) is 33.8 Å². The molecule has 2 aromatic carbocycles. The predicted molar refractivity (Wildman–Crippen MR) is 110 cm³/mol. The quantitative estimate of drug-likeness (QED) is 0.373. The molecule has 0 fully saturated rings. The molecule has 29 heavy (non-hydrogen) atoms. The number of hydrogen-bond acceptors (Lipinski definition) is 7. The Labute approximate surface area is 168 Å². The molecule has 0 amide bonds. The molecule has 0 atom stereocenters. The van der Waals surface area contributed by atoms with Crippen molar-refractivity contribution in [1.29, 1.82) is 0 Å². The third-order valence-corrected chi connectivity index (χ3v) is 5.66. The van der Waals surface area contributed by atoms with Crippen LogP contribution in [0.1, 0.15) is 22.8 Å². The summed E-state index contributed by atoms with van der Waals surface area (Å²) in [5.41, 5.74) is 2.07. The number of rotatable bonds is 4. The van der Waals surface area contributed by atoms with Crippen LogP contribution in [0.2, 0.25) is 0 Å². The molecule has 0 N–H and O–H groups in total. The lowest BCUT2D eigenvalue weighted by Gasteiger charge is -2.25. The molecule has 9 heteroatoms. The lowest BCUT2D eigenvalue weighted by molar-refractivity contribution is -0.384. The Morgan fingerprint density at radius 2 is 1.86 bits per heavy atom. The van der Waals surface area contributed by atoms with Crippen LogP contribution < -0.4 is 19.8 Å². The summed E-state index contributed by atoms with van der Waals surface area (Å²) in [5.74, 6) is 0.00245. The van der Waals surface area contributed by atoms with Gasteiger partial charge in [-0.15, -0.1) is 0 Å². The number of fused-ring (bicyclic) bond motifs is 1. The second-order valence-corrected chi connectivity index (χ2v) is 7.57. The van der Waals surface area contributed by atoms with Crippen molar-refractivity contribution >= 4 is 34.6 Å². The van der Waals surface area contributed by atoms with Crippen molar-refractivity contribution in [2.75, 3.05) is 11.6 Å². The highest BCUT2D eigenvalue weighted by Gasteiger charge is 2.16. The second kappa shape index (κ2) is 7.44. The van der Waals surface area contributed by atoms with Crippen molar-refractivity contribution in [2.45, 2.75) is 13.6 Å². The Bertz CT molecular complexity index is 1270. The van der Waals surface area contributed by atoms with E-state index in [4.69, 9.17) is 0 Å². The third kappa shape index (κ3) is 3.72. The van der Waals surface area contributed by atoms with Crippen molar-refractivity contribution in [3.63, 3.8) is 0 Å². The topological polar surface area (TPSA) is 97.8 Å². The second-order valence-electron chi connectivity index (χ2n) is 6.56. The number of benzene rings is 2. The summed E-state index contributed by atoms with van der Waals surface area (Å²) in [6, 6.07) is 13.3. The van der Waals surface area contributed by atoms with Crippen LogP contribution in [0.25, 0.3) is 6.08 Å². The Kier molecular flexibility index (Phi) is 4.81. The first-order chi connectivity index (χ1) is 13.9. The molecule has 0 aliphatic carbocycles. The van der Waals surface area contributed by atoms with E-state index in [1.165, 1.54) is 30.4 Å². The number of nitro benzene ring substituents is 1. The minimum atomic E-state index is -0.459. The van der Waals surface area contributed by atoms with Crippen LogP contribution in [0.4, 0.5) is 11.4 Å². The van der Waals surface area contributed by atoms with E-state index >= 15 is 0 Å². The maximum atomic E-state index is 12.8. The number of Topliss-reactive ketones (excluding diaryl/α,β-unsaturated/α-hetero) is 1. The molecule has 0 radical (unpaired) electrons. The van der Waals surface area contributed by atoms with Gasteiger partial charge < -0.3 is 4.90 Å². The number of hydrogen-bond donors (Lipinski definition) is 0. The molecule has 0 spiro atoms. The summed E-state index contributed by atoms with van der Waals surface area (Å²) in [6.07, 6.45) is 1.71. The van der Waals surface area contributed by atoms with E-state index < -0.39 is 4.92 Å². The Morgan fingerprint density at radius 1 is 1.17 bits per heavy atom. The van der Waals surface area contributed by atoms with E-state index in [2.05, 4.69) is 4.99 Å². The lowest BCUT2D eigenvalue weighted by atomic mass is 10.1. The number of carbonyl (C=O) groups is 1. The predicted octanol–water partition coefficient (Wildman–Crippen LogP) is 1.90. The molecule has 1 aliphatic heterocycles. The number of nitrogens with zero attached hydrogens (tertiary/aromatic N) is 4. The molecule has 0 bridgehead atoms. The monoisotopic (exact) mass is 408 g/mol. The summed E-state index contributed by atoms with van der Waals surface area (Å²) in [7, 11) is 0. The molecule has 8 nitrogen and oxygen atoms in total. The number of non-ortho nitro benzene ring substituents is 1. The van der Waals surface area contributed by atoms with Gasteiger partial charge in [-0.25, -0.2) is 4.99 Å². The van der Waals surface area contributed by atoms with Crippen molar-refractivity contribution in [3.8, 4) is 0 Å². The minimum absolute atomic E-state index is 0.00245. The molecule has 2 heterocycles. The average Bonchev–Trinajstić information content (AvgIpc) is 3.03. The highest BCUT2D eigenvalue weighted by atomic mass is 32.1. The third-order valence-electron chi connectivity index (χ3n) is 4.62. The van der Waals surface area contributed by atoms with E-state index in [9.17, 15) is 19.7 Å². The fourth-order valence-electron chi connectivity index (χ4n) is 3.03. The van der Waals surface area contributed by atoms with Gasteiger partial charge in [-0.05, 0) is 55.0 Å². The maximum Gasteiger partial charge on any atom is 0.271 e. The van der Waals surface area contributed by atoms with Gasteiger partial charge >= 0.3 is 0 Å². The number of aromatic nitrogens is 1. The Balaban J connectivity index is 1.63. The molecule has 146 valence electrons. The molecule has 4 rings (SSSR count). The summed E-state index contributed by atoms with van der Waals surface area (Å²) in [5, 5.41) is 10.8. The first kappa shape index (κ1) is 18.8. The van der Waals surface area contributed by atoms with Gasteiger partial charge in [-0.1, -0.05) is 11.3 Å². The molecular weight excluding hydrogens is 392 g/mol. The standard InChI is InChI=1S/C20H16N4O4S/c1-13(25)15-4-8-16(9-5-15)22-11-21-20-23(12-22)19(26)18(29-20)10-14-2-6-17(7-3-14)24(27)28/h2-10H,11-12H2,1H3/b18-10-. The smallest absolute Gasteiger partial charge is 0.271 e. The van der Waals surface area contributed by atoms with Crippen LogP contribution in [-0.4, -0.2) is 21.9 Å². The first-order valence-electron chi connectivity index (χ1n) is 8.78. The van der Waals surface area contributed by atoms with E-state index in [1.54, 1.807) is 34.9 Å². The normalized spacial score (nSPS) is 13.7. The number of thiazole rings is 1. The average molecular weight is 408 g/mol. The highest BCUT2D eigenvalue weighted by Crippen LogP contribution is 2.17. The van der Waals surface area contributed by atoms with Crippen LogP contribution >= 0.6 is 11.3 Å². The van der Waals surface area contributed by atoms with Crippen LogP contribution in [0.15, 0.2) is 58.3 Å². The van der Waals surface area contributed by atoms with Gasteiger partial charge in [0.15, 0.2) is 10.6 Å². The van der Waals surface area contributed by atoms with Crippen molar-refractivity contribution in [1.82, 2.24) is 4.57 Å². The number of anilines is 1. The largest absolute Gasteiger partial charge is 0.334 e. The highest BCUT2D eigenvalue weighted by molar-refractivity contribution is 7.07. The number of nitro groups is 1. The zero-order chi connectivity index (χ0) is 20.5. The fourth-order valence-corrected chi connectivity index (χ4v) is 3.99. The van der Waals surface area contributed by atoms with Gasteiger partial charge in [0.05, 0.1) is 9.46 Å². The Hall–Kier alpha value is -3.59. The molecule has 1 aromatic heterocycles. The lowest BCUT2D eigenvalue weighted by Crippen LogP contribution is -2.42. The number of ketones is 1. The van der Waals surface area contributed by atoms with Crippen LogP contribution in [-0.2, 0) is 6.67 Å². The first-order valence-corrected chi connectivity index (χ1v) is 9.60. The van der Waals surface area contributed by atoms with E-state index in [-0.39, 0.29) is 17.0 Å². The van der Waals surface area contributed by atoms with Gasteiger partial charge in [0, 0.05) is 23.4 Å². The van der Waals surface area contributed by atoms with Crippen LogP contribution in [0.3, 0.4) is 0 Å². The molecule has 1 aliphatic rings. The SMILES string of the molecule is CC(=O)c1ccc(N2CN=c3s/c(=C\c4ccc([N+](=O)[O-])cc4)c(=O)n3C2)cc1. The summed E-state index contributed by atoms with van der Waals surface area (Å²) in [6.45, 7) is 2.30. The van der Waals surface area contributed by atoms with Gasteiger partial charge in [-0.3, -0.25) is 24.3 Å². The van der Waals surface area contributed by atoms with Crippen molar-refractivity contribution in [2.24, 2.45) is 4.99 Å².